The number of rotatable bonds is 5. The van der Waals surface area contributed by atoms with Gasteiger partial charge in [0.25, 0.3) is 0 Å². The summed E-state index contributed by atoms with van der Waals surface area (Å²) in [7, 11) is 0. The summed E-state index contributed by atoms with van der Waals surface area (Å²) in [4.78, 5) is 3.94. The third-order valence-electron chi connectivity index (χ3n) is 3.16. The Balaban J connectivity index is 1.89. The number of nitrogens with zero attached hydrogens (tertiary/aromatic N) is 1. The quantitative estimate of drug-likeness (QED) is 0.833. The summed E-state index contributed by atoms with van der Waals surface area (Å²) in [5.41, 5.74) is 0. The van der Waals surface area contributed by atoms with Crippen LogP contribution in [0, 0.1) is 0 Å². The summed E-state index contributed by atoms with van der Waals surface area (Å²) >= 11 is 8.93. The maximum absolute atomic E-state index is 3.57. The van der Waals surface area contributed by atoms with E-state index < -0.39 is 0 Å². The molecular weight excluding hydrogens is 364 g/mol. The van der Waals surface area contributed by atoms with Crippen LogP contribution in [0.5, 0.6) is 0 Å². The van der Waals surface area contributed by atoms with Crippen LogP contribution < -0.4 is 5.32 Å². The van der Waals surface area contributed by atoms with Gasteiger partial charge in [-0.1, -0.05) is 6.92 Å². The van der Waals surface area contributed by atoms with Crippen molar-refractivity contribution in [3.05, 3.63) is 19.2 Å². The van der Waals surface area contributed by atoms with Crippen LogP contribution in [0.4, 0.5) is 0 Å². The van der Waals surface area contributed by atoms with Crippen molar-refractivity contribution in [1.29, 1.82) is 0 Å². The van der Waals surface area contributed by atoms with Crippen LogP contribution in [0.15, 0.2) is 14.3 Å². The van der Waals surface area contributed by atoms with Crippen molar-refractivity contribution in [2.75, 3.05) is 19.6 Å². The minimum Gasteiger partial charge on any atom is -0.313 e. The molecule has 2 nitrogen and oxygen atoms in total. The van der Waals surface area contributed by atoms with E-state index >= 15 is 0 Å². The molecule has 0 saturated carbocycles. The van der Waals surface area contributed by atoms with Crippen LogP contribution in [-0.4, -0.2) is 30.6 Å². The van der Waals surface area contributed by atoms with Gasteiger partial charge in [-0.3, -0.25) is 4.90 Å². The molecule has 1 fully saturated rings. The molecule has 0 aromatic carbocycles. The van der Waals surface area contributed by atoms with Gasteiger partial charge in [-0.15, -0.1) is 11.3 Å². The number of hydrogen-bond donors (Lipinski definition) is 1. The van der Waals surface area contributed by atoms with Gasteiger partial charge in [-0.05, 0) is 63.9 Å². The third-order valence-corrected chi connectivity index (χ3v) is 6.40. The average Bonchev–Trinajstić information content (AvgIpc) is 2.89. The van der Waals surface area contributed by atoms with E-state index in [4.69, 9.17) is 0 Å². The number of halogens is 2. The van der Waals surface area contributed by atoms with Crippen LogP contribution in [0.25, 0.3) is 0 Å². The van der Waals surface area contributed by atoms with Crippen LogP contribution in [0.1, 0.15) is 24.6 Å². The lowest BCUT2D eigenvalue weighted by molar-refractivity contribution is 0.255. The predicted octanol–water partition coefficient (Wildman–Crippen LogP) is 3.85. The summed E-state index contributed by atoms with van der Waals surface area (Å²) in [6.07, 6.45) is 2.66. The van der Waals surface area contributed by atoms with Crippen molar-refractivity contribution in [2.45, 2.75) is 32.4 Å². The van der Waals surface area contributed by atoms with E-state index in [1.54, 1.807) is 0 Å². The summed E-state index contributed by atoms with van der Waals surface area (Å²) < 4.78 is 2.37. The van der Waals surface area contributed by atoms with Crippen molar-refractivity contribution in [2.24, 2.45) is 0 Å². The number of likely N-dealkylation sites (N-methyl/N-ethyl adjacent to an activating group) is 1. The van der Waals surface area contributed by atoms with Gasteiger partial charge in [0.2, 0.25) is 0 Å². The first-order valence-electron chi connectivity index (χ1n) is 6.08. The smallest absolute Gasteiger partial charge is 0.0843 e. The SMILES string of the molecule is CCN(Cc1cc(Br)c(Br)s1)CC1CCCN1. The first-order chi connectivity index (χ1) is 8.19. The molecule has 0 amide bonds. The molecule has 1 aromatic heterocycles. The van der Waals surface area contributed by atoms with Crippen molar-refractivity contribution in [3.8, 4) is 0 Å². The molecule has 0 spiro atoms. The summed E-state index contributed by atoms with van der Waals surface area (Å²) in [6, 6.07) is 2.92. The van der Waals surface area contributed by atoms with Gasteiger partial charge >= 0.3 is 0 Å². The molecule has 1 aromatic rings. The van der Waals surface area contributed by atoms with Crippen molar-refractivity contribution < 1.29 is 0 Å². The van der Waals surface area contributed by atoms with Gasteiger partial charge in [0.05, 0.1) is 3.79 Å². The third kappa shape index (κ3) is 4.03. The van der Waals surface area contributed by atoms with E-state index in [2.05, 4.69) is 55.1 Å². The highest BCUT2D eigenvalue weighted by Gasteiger charge is 2.17. The molecule has 1 atom stereocenters. The molecule has 0 bridgehead atoms. The second-order valence-electron chi connectivity index (χ2n) is 4.46. The summed E-state index contributed by atoms with van der Waals surface area (Å²) in [5.74, 6) is 0. The van der Waals surface area contributed by atoms with Crippen molar-refractivity contribution in [3.63, 3.8) is 0 Å². The molecule has 1 saturated heterocycles. The van der Waals surface area contributed by atoms with Crippen LogP contribution in [0.3, 0.4) is 0 Å². The molecule has 1 unspecified atom stereocenters. The van der Waals surface area contributed by atoms with E-state index in [1.165, 1.54) is 39.1 Å². The molecule has 0 radical (unpaired) electrons. The Morgan fingerprint density at radius 2 is 2.35 bits per heavy atom. The number of nitrogens with one attached hydrogen (secondary N) is 1. The van der Waals surface area contributed by atoms with Crippen molar-refractivity contribution >= 4 is 43.2 Å². The predicted molar refractivity (Wildman–Crippen MR) is 81.7 cm³/mol. The second-order valence-corrected chi connectivity index (χ2v) is 7.76. The number of hydrogen-bond acceptors (Lipinski definition) is 3. The molecule has 2 heterocycles. The molecule has 2 rings (SSSR count). The maximum atomic E-state index is 3.57. The van der Waals surface area contributed by atoms with Crippen molar-refractivity contribution in [1.82, 2.24) is 10.2 Å². The highest BCUT2D eigenvalue weighted by Crippen LogP contribution is 2.33. The van der Waals surface area contributed by atoms with E-state index in [-0.39, 0.29) is 0 Å². The summed E-state index contributed by atoms with van der Waals surface area (Å²) in [6.45, 7) is 6.78. The van der Waals surface area contributed by atoms with E-state index in [0.717, 1.165) is 13.1 Å². The van der Waals surface area contributed by atoms with Gasteiger partial charge < -0.3 is 5.32 Å². The lowest BCUT2D eigenvalue weighted by Crippen LogP contribution is -2.36. The largest absolute Gasteiger partial charge is 0.313 e. The number of thiophene rings is 1. The zero-order valence-electron chi connectivity index (χ0n) is 10.0. The molecule has 1 N–H and O–H groups in total. The van der Waals surface area contributed by atoms with Gasteiger partial charge in [-0.2, -0.15) is 0 Å². The van der Waals surface area contributed by atoms with Gasteiger partial charge in [0.1, 0.15) is 0 Å². The fourth-order valence-corrected chi connectivity index (χ4v) is 4.44. The summed E-state index contributed by atoms with van der Waals surface area (Å²) in [5, 5.41) is 3.57. The Morgan fingerprint density at radius 1 is 1.53 bits per heavy atom. The molecular formula is C12H18Br2N2S. The molecule has 1 aliphatic rings. The Morgan fingerprint density at radius 3 is 2.88 bits per heavy atom. The van der Waals surface area contributed by atoms with Crippen LogP contribution in [0.2, 0.25) is 0 Å². The minimum absolute atomic E-state index is 0.696. The minimum atomic E-state index is 0.696. The zero-order valence-corrected chi connectivity index (χ0v) is 14.0. The monoisotopic (exact) mass is 380 g/mol. The zero-order chi connectivity index (χ0) is 12.3. The van der Waals surface area contributed by atoms with E-state index in [1.807, 2.05) is 11.3 Å². The fraction of sp³-hybridized carbons (Fsp3) is 0.667. The Kier molecular flexibility index (Phi) is 5.49. The molecule has 0 aliphatic carbocycles. The van der Waals surface area contributed by atoms with Gasteiger partial charge in [-0.25, -0.2) is 0 Å². The van der Waals surface area contributed by atoms with Gasteiger partial charge in [0.15, 0.2) is 0 Å². The molecule has 17 heavy (non-hydrogen) atoms. The maximum Gasteiger partial charge on any atom is 0.0843 e. The first-order valence-corrected chi connectivity index (χ1v) is 8.48. The Labute approximate surface area is 124 Å². The normalized spacial score (nSPS) is 20.4. The first kappa shape index (κ1) is 14.0. The highest BCUT2D eigenvalue weighted by atomic mass is 79.9. The molecule has 96 valence electrons. The van der Waals surface area contributed by atoms with E-state index in [0.29, 0.717) is 6.04 Å². The molecule has 1 aliphatic heterocycles. The molecule has 5 heteroatoms. The van der Waals surface area contributed by atoms with Crippen LogP contribution >= 0.6 is 43.2 Å². The highest BCUT2D eigenvalue weighted by molar-refractivity contribution is 9.13. The second kappa shape index (κ2) is 6.66. The van der Waals surface area contributed by atoms with Gasteiger partial charge in [0, 0.05) is 28.5 Å². The fourth-order valence-electron chi connectivity index (χ4n) is 2.22. The van der Waals surface area contributed by atoms with E-state index in [9.17, 15) is 0 Å². The topological polar surface area (TPSA) is 15.3 Å². The Hall–Kier alpha value is 0.580. The lowest BCUT2D eigenvalue weighted by atomic mass is 10.2. The lowest BCUT2D eigenvalue weighted by Gasteiger charge is -2.23. The standard InChI is InChI=1S/C12H18Br2N2S/c1-2-16(7-9-4-3-5-15-9)8-10-6-11(13)12(14)17-10/h6,9,15H,2-5,7-8H2,1H3. The average molecular weight is 382 g/mol. The Bertz CT molecular complexity index is 342. The van der Waals surface area contributed by atoms with Crippen LogP contribution in [-0.2, 0) is 6.54 Å².